The van der Waals surface area contributed by atoms with Crippen LogP contribution in [0.3, 0.4) is 0 Å². The van der Waals surface area contributed by atoms with E-state index in [0.29, 0.717) is 29.3 Å². The van der Waals surface area contributed by atoms with Crippen LogP contribution in [-0.2, 0) is 9.59 Å². The molecular weight excluding hydrogens is 456 g/mol. The fourth-order valence-corrected chi connectivity index (χ4v) is 5.36. The van der Waals surface area contributed by atoms with Crippen molar-refractivity contribution in [1.29, 1.82) is 0 Å². The predicted molar refractivity (Wildman–Crippen MR) is 135 cm³/mol. The van der Waals surface area contributed by atoms with Crippen LogP contribution in [0.2, 0.25) is 0 Å². The van der Waals surface area contributed by atoms with Gasteiger partial charge in [0, 0.05) is 23.0 Å². The van der Waals surface area contributed by atoms with Gasteiger partial charge in [-0.05, 0) is 68.5 Å². The number of nitrogens with zero attached hydrogens (tertiary/aromatic N) is 4. The van der Waals surface area contributed by atoms with Gasteiger partial charge in [-0.2, -0.15) is 5.10 Å². The Morgan fingerprint density at radius 3 is 2.33 bits per heavy atom. The average molecular weight is 487 g/mol. The summed E-state index contributed by atoms with van der Waals surface area (Å²) >= 11 is 0. The number of amides is 3. The Morgan fingerprint density at radius 2 is 1.64 bits per heavy atom. The molecule has 3 aromatic rings. The number of likely N-dealkylation sites (tertiary alicyclic amines) is 1. The van der Waals surface area contributed by atoms with E-state index in [-0.39, 0.29) is 23.8 Å². The Labute approximate surface area is 209 Å². The van der Waals surface area contributed by atoms with Gasteiger partial charge in [0.05, 0.1) is 0 Å². The van der Waals surface area contributed by atoms with Crippen LogP contribution in [0.15, 0.2) is 67.3 Å². The number of rotatable bonds is 6. The van der Waals surface area contributed by atoms with Gasteiger partial charge in [0.1, 0.15) is 24.7 Å². The second kappa shape index (κ2) is 10.3. The van der Waals surface area contributed by atoms with Crippen molar-refractivity contribution < 1.29 is 14.4 Å². The van der Waals surface area contributed by atoms with E-state index in [4.69, 9.17) is 0 Å². The van der Waals surface area contributed by atoms with Gasteiger partial charge in [-0.1, -0.05) is 31.0 Å². The van der Waals surface area contributed by atoms with E-state index in [2.05, 4.69) is 20.7 Å². The van der Waals surface area contributed by atoms with Crippen LogP contribution in [0.1, 0.15) is 55.4 Å². The smallest absolute Gasteiger partial charge is 0.254 e. The third-order valence-electron chi connectivity index (χ3n) is 7.28. The molecule has 2 fully saturated rings. The second-order valence-corrected chi connectivity index (χ2v) is 9.55. The molecule has 3 amide bonds. The number of hydrogen-bond donors (Lipinski definition) is 2. The van der Waals surface area contributed by atoms with Crippen LogP contribution in [0.5, 0.6) is 0 Å². The molecule has 2 N–H and O–H groups in total. The number of fused-ring (bicyclic) bond motifs is 1. The predicted octanol–water partition coefficient (Wildman–Crippen LogP) is 3.89. The van der Waals surface area contributed by atoms with Gasteiger partial charge in [-0.25, -0.2) is 9.67 Å². The van der Waals surface area contributed by atoms with Crippen LogP contribution < -0.4 is 10.6 Å². The molecule has 1 aliphatic heterocycles. The summed E-state index contributed by atoms with van der Waals surface area (Å²) in [5.74, 6) is -0.123. The number of hydrogen-bond acceptors (Lipinski definition) is 5. The molecule has 0 radical (unpaired) electrons. The van der Waals surface area contributed by atoms with E-state index < -0.39 is 12.1 Å². The number of benzene rings is 2. The summed E-state index contributed by atoms with van der Waals surface area (Å²) in [5.41, 5.74) is 1.84. The van der Waals surface area contributed by atoms with Crippen molar-refractivity contribution in [2.75, 3.05) is 10.6 Å². The first-order chi connectivity index (χ1) is 17.5. The van der Waals surface area contributed by atoms with Gasteiger partial charge in [-0.3, -0.25) is 14.4 Å². The zero-order valence-electron chi connectivity index (χ0n) is 20.2. The SMILES string of the molecule is CC(C(=O)Nc1ccc(NC(=O)C2CC3CCCCC3N2C(=O)c2ccccc2)cc1)n1cncn1. The lowest BCUT2D eigenvalue weighted by molar-refractivity contribution is -0.120. The molecule has 2 aromatic carbocycles. The molecule has 1 aromatic heterocycles. The van der Waals surface area contributed by atoms with Crippen LogP contribution >= 0.6 is 0 Å². The van der Waals surface area contributed by atoms with Gasteiger partial charge >= 0.3 is 0 Å². The van der Waals surface area contributed by atoms with Gasteiger partial charge < -0.3 is 15.5 Å². The summed E-state index contributed by atoms with van der Waals surface area (Å²) in [6.07, 6.45) is 7.78. The third kappa shape index (κ3) is 4.86. The summed E-state index contributed by atoms with van der Waals surface area (Å²) < 4.78 is 1.48. The van der Waals surface area contributed by atoms with Gasteiger partial charge in [-0.15, -0.1) is 0 Å². The molecule has 4 unspecified atom stereocenters. The number of aromatic nitrogens is 3. The summed E-state index contributed by atoms with van der Waals surface area (Å²) in [4.78, 5) is 45.0. The minimum atomic E-state index is -0.508. The maximum absolute atomic E-state index is 13.5. The number of carbonyl (C=O) groups excluding carboxylic acids is 3. The summed E-state index contributed by atoms with van der Waals surface area (Å²) in [6.45, 7) is 1.74. The van der Waals surface area contributed by atoms with Gasteiger partial charge in [0.2, 0.25) is 11.8 Å². The van der Waals surface area contributed by atoms with E-state index in [9.17, 15) is 14.4 Å². The lowest BCUT2D eigenvalue weighted by atomic mass is 9.84. The van der Waals surface area contributed by atoms with Gasteiger partial charge in [0.15, 0.2) is 0 Å². The average Bonchev–Trinajstić information content (AvgIpc) is 3.58. The van der Waals surface area contributed by atoms with Crippen molar-refractivity contribution in [3.8, 4) is 0 Å². The third-order valence-corrected chi connectivity index (χ3v) is 7.28. The van der Waals surface area contributed by atoms with E-state index in [0.717, 1.165) is 25.7 Å². The highest BCUT2D eigenvalue weighted by molar-refractivity contribution is 6.02. The largest absolute Gasteiger partial charge is 0.324 e. The van der Waals surface area contributed by atoms with Crippen LogP contribution in [0.25, 0.3) is 0 Å². The standard InChI is InChI=1S/C27H30N6O3/c1-18(32-17-28-16-29-32)25(34)30-21-11-13-22(14-12-21)31-26(35)24-15-20-9-5-6-10-23(20)33(24)27(36)19-7-3-2-4-8-19/h2-4,7-8,11-14,16-18,20,23-24H,5-6,9-10,15H2,1H3,(H,30,34)(H,31,35). The number of carbonyl (C=O) groups is 3. The Kier molecular flexibility index (Phi) is 6.79. The molecule has 1 saturated heterocycles. The van der Waals surface area contributed by atoms with Crippen molar-refractivity contribution in [3.05, 3.63) is 72.8 Å². The maximum atomic E-state index is 13.5. The fraction of sp³-hybridized carbons (Fsp3) is 0.370. The highest BCUT2D eigenvalue weighted by Gasteiger charge is 2.47. The first-order valence-electron chi connectivity index (χ1n) is 12.4. The molecule has 2 heterocycles. The molecule has 2 aliphatic rings. The van der Waals surface area contributed by atoms with Crippen LogP contribution in [-0.4, -0.2) is 49.5 Å². The minimum Gasteiger partial charge on any atom is -0.324 e. The Morgan fingerprint density at radius 1 is 0.944 bits per heavy atom. The molecule has 186 valence electrons. The monoisotopic (exact) mass is 486 g/mol. The van der Waals surface area contributed by atoms with Crippen LogP contribution in [0, 0.1) is 5.92 Å². The van der Waals surface area contributed by atoms with E-state index >= 15 is 0 Å². The van der Waals surface area contributed by atoms with Crippen molar-refractivity contribution in [2.24, 2.45) is 5.92 Å². The summed E-state index contributed by atoms with van der Waals surface area (Å²) in [6, 6.07) is 15.3. The first-order valence-corrected chi connectivity index (χ1v) is 12.4. The molecule has 1 aliphatic carbocycles. The molecule has 0 spiro atoms. The van der Waals surface area contributed by atoms with Gasteiger partial charge in [0.25, 0.3) is 5.91 Å². The Bertz CT molecular complexity index is 1210. The van der Waals surface area contributed by atoms with E-state index in [1.807, 2.05) is 35.2 Å². The normalized spacial score (nSPS) is 21.9. The van der Waals surface area contributed by atoms with E-state index in [1.54, 1.807) is 31.2 Å². The number of anilines is 2. The summed E-state index contributed by atoms with van der Waals surface area (Å²) in [5, 5.41) is 9.83. The molecule has 5 rings (SSSR count). The zero-order chi connectivity index (χ0) is 25.1. The summed E-state index contributed by atoms with van der Waals surface area (Å²) in [7, 11) is 0. The van der Waals surface area contributed by atoms with Crippen molar-refractivity contribution in [3.63, 3.8) is 0 Å². The van der Waals surface area contributed by atoms with Crippen molar-refractivity contribution in [2.45, 2.75) is 57.2 Å². The fourth-order valence-electron chi connectivity index (χ4n) is 5.36. The Balaban J connectivity index is 1.27. The van der Waals surface area contributed by atoms with Crippen molar-refractivity contribution >= 4 is 29.1 Å². The first kappa shape index (κ1) is 23.7. The quantitative estimate of drug-likeness (QED) is 0.549. The maximum Gasteiger partial charge on any atom is 0.254 e. The lowest BCUT2D eigenvalue weighted by Gasteiger charge is -2.33. The zero-order valence-corrected chi connectivity index (χ0v) is 20.2. The molecule has 0 bridgehead atoms. The Hall–Kier alpha value is -4.01. The molecule has 4 atom stereocenters. The van der Waals surface area contributed by atoms with E-state index in [1.165, 1.54) is 17.3 Å². The second-order valence-electron chi connectivity index (χ2n) is 9.55. The molecular formula is C27H30N6O3. The minimum absolute atomic E-state index is 0.0790. The lowest BCUT2D eigenvalue weighted by Crippen LogP contribution is -2.47. The number of nitrogens with one attached hydrogen (secondary N) is 2. The highest BCUT2D eigenvalue weighted by Crippen LogP contribution is 2.40. The van der Waals surface area contributed by atoms with Crippen molar-refractivity contribution in [1.82, 2.24) is 19.7 Å². The molecule has 1 saturated carbocycles. The topological polar surface area (TPSA) is 109 Å². The molecule has 9 nitrogen and oxygen atoms in total. The molecule has 36 heavy (non-hydrogen) atoms. The highest BCUT2D eigenvalue weighted by atomic mass is 16.2. The molecule has 9 heteroatoms. The van der Waals surface area contributed by atoms with Crippen LogP contribution in [0.4, 0.5) is 11.4 Å².